The third-order valence-corrected chi connectivity index (χ3v) is 3.54. The maximum Gasteiger partial charge on any atom is 0.417 e. The van der Waals surface area contributed by atoms with Gasteiger partial charge in [-0.15, -0.1) is 3.89 Å². The Morgan fingerprint density at radius 2 is 1.45 bits per heavy atom. The Balaban J connectivity index is 2.68. The minimum absolute atomic E-state index is 0.158. The summed E-state index contributed by atoms with van der Waals surface area (Å²) in [7, 11) is -5.44. The molecule has 20 heavy (non-hydrogen) atoms. The molecule has 2 aromatic carbocycles. The smallest absolute Gasteiger partial charge is 0.189 e. The molecule has 0 aliphatic rings. The summed E-state index contributed by atoms with van der Waals surface area (Å²) < 4.78 is 73.0. The van der Waals surface area contributed by atoms with E-state index >= 15 is 0 Å². The Morgan fingerprint density at radius 3 is 1.95 bits per heavy atom. The highest BCUT2D eigenvalue weighted by Gasteiger charge is 2.37. The van der Waals surface area contributed by atoms with Crippen LogP contribution in [0, 0.1) is 0 Å². The highest BCUT2D eigenvalue weighted by Crippen LogP contribution is 2.37. The zero-order valence-electron chi connectivity index (χ0n) is 9.86. The molecule has 0 heterocycles. The van der Waals surface area contributed by atoms with E-state index in [-0.39, 0.29) is 5.56 Å². The van der Waals surface area contributed by atoms with Gasteiger partial charge in [0.25, 0.3) is 0 Å². The van der Waals surface area contributed by atoms with Gasteiger partial charge in [-0.1, -0.05) is 36.4 Å². The Morgan fingerprint density at radius 1 is 0.850 bits per heavy atom. The van der Waals surface area contributed by atoms with E-state index in [1.807, 2.05) is 0 Å². The fourth-order valence-corrected chi connectivity index (χ4v) is 2.44. The zero-order chi connectivity index (χ0) is 15.0. The number of alkyl halides is 3. The van der Waals surface area contributed by atoms with Crippen LogP contribution in [0.15, 0.2) is 53.4 Å². The average Bonchev–Trinajstić information content (AvgIpc) is 2.37. The lowest BCUT2D eigenvalue weighted by Gasteiger charge is -2.12. The number of halogens is 4. The van der Waals surface area contributed by atoms with Gasteiger partial charge >= 0.3 is 16.4 Å². The van der Waals surface area contributed by atoms with Crippen molar-refractivity contribution in [1.82, 2.24) is 0 Å². The second-order valence-electron chi connectivity index (χ2n) is 4.01. The highest BCUT2D eigenvalue weighted by atomic mass is 32.3. The van der Waals surface area contributed by atoms with E-state index in [0.29, 0.717) is 17.7 Å². The molecule has 0 atom stereocenters. The Labute approximate surface area is 112 Å². The summed E-state index contributed by atoms with van der Waals surface area (Å²) in [5, 5.41) is 0. The van der Waals surface area contributed by atoms with Crippen molar-refractivity contribution in [3.05, 3.63) is 54.1 Å². The van der Waals surface area contributed by atoms with Gasteiger partial charge in [-0.25, -0.2) is 0 Å². The minimum atomic E-state index is -5.44. The van der Waals surface area contributed by atoms with Gasteiger partial charge in [0.2, 0.25) is 0 Å². The molecule has 0 saturated carbocycles. The van der Waals surface area contributed by atoms with Crippen LogP contribution in [0.25, 0.3) is 11.1 Å². The minimum Gasteiger partial charge on any atom is -0.189 e. The Hall–Kier alpha value is -1.89. The molecule has 0 aliphatic heterocycles. The van der Waals surface area contributed by atoms with Gasteiger partial charge in [-0.3, -0.25) is 0 Å². The lowest BCUT2D eigenvalue weighted by Crippen LogP contribution is -2.11. The Bertz CT molecular complexity index is 722. The van der Waals surface area contributed by atoms with Gasteiger partial charge in [-0.05, 0) is 23.3 Å². The molecular weight excluding hydrogens is 296 g/mol. The first-order valence-corrected chi connectivity index (χ1v) is 6.79. The second-order valence-corrected chi connectivity index (χ2v) is 5.33. The quantitative estimate of drug-likeness (QED) is 0.620. The normalized spacial score (nSPS) is 12.4. The maximum absolute atomic E-state index is 12.9. The van der Waals surface area contributed by atoms with E-state index in [0.717, 1.165) is 6.07 Å². The van der Waals surface area contributed by atoms with Crippen molar-refractivity contribution in [3.8, 4) is 11.1 Å². The van der Waals surface area contributed by atoms with Crippen LogP contribution in [0.5, 0.6) is 0 Å². The van der Waals surface area contributed by atoms with E-state index in [4.69, 9.17) is 0 Å². The molecule has 0 unspecified atom stereocenters. The van der Waals surface area contributed by atoms with Crippen molar-refractivity contribution in [2.45, 2.75) is 11.1 Å². The fraction of sp³-hybridized carbons (Fsp3) is 0.0769. The molecule has 0 radical (unpaired) electrons. The van der Waals surface area contributed by atoms with Gasteiger partial charge in [0.1, 0.15) is 4.90 Å². The monoisotopic (exact) mass is 304 g/mol. The highest BCUT2D eigenvalue weighted by molar-refractivity contribution is 7.86. The molecule has 0 spiro atoms. The lowest BCUT2D eigenvalue weighted by molar-refractivity contribution is -0.139. The van der Waals surface area contributed by atoms with Crippen molar-refractivity contribution in [1.29, 1.82) is 0 Å². The van der Waals surface area contributed by atoms with Crippen molar-refractivity contribution in [3.63, 3.8) is 0 Å². The summed E-state index contributed by atoms with van der Waals surface area (Å²) in [6.07, 6.45) is -4.96. The van der Waals surface area contributed by atoms with Crippen LogP contribution in [0.1, 0.15) is 5.56 Å². The van der Waals surface area contributed by atoms with Crippen LogP contribution in [0.2, 0.25) is 0 Å². The molecule has 0 amide bonds. The molecule has 0 N–H and O–H groups in total. The zero-order valence-corrected chi connectivity index (χ0v) is 10.7. The summed E-state index contributed by atoms with van der Waals surface area (Å²) >= 11 is 0. The number of hydrogen-bond acceptors (Lipinski definition) is 2. The van der Waals surface area contributed by atoms with Crippen molar-refractivity contribution in [2.75, 3.05) is 0 Å². The first-order chi connectivity index (χ1) is 9.19. The third-order valence-electron chi connectivity index (χ3n) is 2.65. The molecule has 0 saturated heterocycles. The average molecular weight is 304 g/mol. The number of rotatable bonds is 2. The molecule has 0 aliphatic carbocycles. The van der Waals surface area contributed by atoms with Gasteiger partial charge < -0.3 is 0 Å². The summed E-state index contributed by atoms with van der Waals surface area (Å²) in [5.74, 6) is 0. The van der Waals surface area contributed by atoms with Gasteiger partial charge in [0.05, 0.1) is 5.56 Å². The van der Waals surface area contributed by atoms with Crippen LogP contribution < -0.4 is 0 Å². The maximum atomic E-state index is 12.9. The fourth-order valence-electron chi connectivity index (χ4n) is 1.77. The molecule has 0 bridgehead atoms. The van der Waals surface area contributed by atoms with Crippen LogP contribution in [-0.2, 0) is 16.4 Å². The van der Waals surface area contributed by atoms with E-state index in [1.165, 1.54) is 0 Å². The molecule has 106 valence electrons. The summed E-state index contributed by atoms with van der Waals surface area (Å²) in [5.41, 5.74) is -0.882. The molecule has 2 nitrogen and oxygen atoms in total. The van der Waals surface area contributed by atoms with Crippen LogP contribution in [0.3, 0.4) is 0 Å². The van der Waals surface area contributed by atoms with Gasteiger partial charge in [0, 0.05) is 0 Å². The van der Waals surface area contributed by atoms with E-state index in [1.54, 1.807) is 30.3 Å². The van der Waals surface area contributed by atoms with Gasteiger partial charge in [0.15, 0.2) is 0 Å². The summed E-state index contributed by atoms with van der Waals surface area (Å²) in [6, 6.07) is 10.5. The standard InChI is InChI=1S/C13H8F4O2S/c14-13(15,16)11-8-10(9-4-2-1-3-5-9)6-7-12(11)20(17,18)19/h1-8H. The molecule has 2 aromatic rings. The summed E-state index contributed by atoms with van der Waals surface area (Å²) in [6.45, 7) is 0. The predicted octanol–water partition coefficient (Wildman–Crippen LogP) is 4.03. The topological polar surface area (TPSA) is 34.1 Å². The number of benzene rings is 2. The van der Waals surface area contributed by atoms with E-state index in [2.05, 4.69) is 0 Å². The third kappa shape index (κ3) is 2.98. The van der Waals surface area contributed by atoms with Crippen LogP contribution in [-0.4, -0.2) is 8.42 Å². The largest absolute Gasteiger partial charge is 0.417 e. The van der Waals surface area contributed by atoms with Crippen molar-refractivity contribution >= 4 is 10.2 Å². The van der Waals surface area contributed by atoms with Crippen LogP contribution >= 0.6 is 0 Å². The predicted molar refractivity (Wildman–Crippen MR) is 65.2 cm³/mol. The van der Waals surface area contributed by atoms with E-state index in [9.17, 15) is 25.5 Å². The first-order valence-electron chi connectivity index (χ1n) is 5.41. The molecule has 7 heteroatoms. The first kappa shape index (κ1) is 14.5. The second kappa shape index (κ2) is 4.90. The number of hydrogen-bond donors (Lipinski definition) is 0. The lowest BCUT2D eigenvalue weighted by atomic mass is 10.0. The molecular formula is C13H8F4O2S. The summed E-state index contributed by atoms with van der Waals surface area (Å²) in [4.78, 5) is -1.37. The van der Waals surface area contributed by atoms with Gasteiger partial charge in [-0.2, -0.15) is 21.6 Å². The van der Waals surface area contributed by atoms with Crippen molar-refractivity contribution < 1.29 is 25.5 Å². The van der Waals surface area contributed by atoms with Crippen LogP contribution in [0.4, 0.5) is 17.1 Å². The SMILES string of the molecule is O=S(=O)(F)c1ccc(-c2ccccc2)cc1C(F)(F)F. The van der Waals surface area contributed by atoms with Crippen molar-refractivity contribution in [2.24, 2.45) is 0 Å². The Kier molecular flexibility index (Phi) is 3.56. The van der Waals surface area contributed by atoms with E-state index < -0.39 is 26.9 Å². The molecule has 2 rings (SSSR count). The molecule has 0 aromatic heterocycles. The molecule has 0 fully saturated rings.